The lowest BCUT2D eigenvalue weighted by atomic mass is 9.94. The number of hydrogen-bond donors (Lipinski definition) is 0. The van der Waals surface area contributed by atoms with Crippen LogP contribution in [0.1, 0.15) is 51.9 Å². The first-order valence-electron chi connectivity index (χ1n) is 8.55. The average molecular weight is 307 g/mol. The second-order valence-corrected chi connectivity index (χ2v) is 6.54. The maximum atomic E-state index is 12.8. The average Bonchev–Trinajstić information content (AvgIpc) is 2.72. The topological polar surface area (TPSA) is 60.9 Å². The Kier molecular flexibility index (Phi) is 4.36. The van der Waals surface area contributed by atoms with E-state index >= 15 is 0 Å². The van der Waals surface area contributed by atoms with Gasteiger partial charge in [0.1, 0.15) is 6.04 Å². The molecule has 2 aliphatic heterocycles. The van der Waals surface area contributed by atoms with E-state index in [1.807, 2.05) is 6.92 Å². The molecule has 3 fully saturated rings. The third kappa shape index (κ3) is 2.59. The molecule has 6 nitrogen and oxygen atoms in total. The molecule has 0 radical (unpaired) electrons. The van der Waals surface area contributed by atoms with Gasteiger partial charge in [0.25, 0.3) is 5.91 Å². The molecule has 122 valence electrons. The summed E-state index contributed by atoms with van der Waals surface area (Å²) in [6, 6.07) is -0.531. The van der Waals surface area contributed by atoms with Gasteiger partial charge in [-0.2, -0.15) is 0 Å². The van der Waals surface area contributed by atoms with Crippen LogP contribution in [0.3, 0.4) is 0 Å². The predicted octanol–water partition coefficient (Wildman–Crippen LogP) is 1.59. The van der Waals surface area contributed by atoms with Crippen molar-refractivity contribution in [3.8, 4) is 0 Å². The van der Waals surface area contributed by atoms with E-state index in [2.05, 4.69) is 0 Å². The van der Waals surface area contributed by atoms with Crippen molar-refractivity contribution in [2.75, 3.05) is 19.6 Å². The lowest BCUT2D eigenvalue weighted by Gasteiger charge is -2.29. The van der Waals surface area contributed by atoms with Crippen molar-refractivity contribution < 1.29 is 14.4 Å². The van der Waals surface area contributed by atoms with Crippen LogP contribution in [-0.4, -0.2) is 64.3 Å². The van der Waals surface area contributed by atoms with E-state index in [4.69, 9.17) is 0 Å². The Hall–Kier alpha value is -1.59. The van der Waals surface area contributed by atoms with Crippen LogP contribution in [0.2, 0.25) is 0 Å². The molecule has 0 spiro atoms. The molecule has 3 rings (SSSR count). The van der Waals surface area contributed by atoms with Crippen molar-refractivity contribution in [3.63, 3.8) is 0 Å². The number of imide groups is 1. The lowest BCUT2D eigenvalue weighted by Crippen LogP contribution is -2.45. The third-order valence-corrected chi connectivity index (χ3v) is 5.17. The highest BCUT2D eigenvalue weighted by atomic mass is 16.2. The maximum absolute atomic E-state index is 12.8. The van der Waals surface area contributed by atoms with Gasteiger partial charge in [0.05, 0.1) is 6.54 Å². The zero-order valence-electron chi connectivity index (χ0n) is 13.3. The van der Waals surface area contributed by atoms with E-state index in [0.717, 1.165) is 32.1 Å². The molecule has 6 heteroatoms. The fourth-order valence-electron chi connectivity index (χ4n) is 3.95. The first kappa shape index (κ1) is 15.3. The van der Waals surface area contributed by atoms with Crippen LogP contribution in [-0.2, 0) is 9.59 Å². The van der Waals surface area contributed by atoms with Crippen LogP contribution < -0.4 is 0 Å². The van der Waals surface area contributed by atoms with E-state index in [0.29, 0.717) is 26.1 Å². The summed E-state index contributed by atoms with van der Waals surface area (Å²) in [5.74, 6) is -0.0223. The molecule has 3 aliphatic rings. The highest BCUT2D eigenvalue weighted by Crippen LogP contribution is 2.30. The molecule has 22 heavy (non-hydrogen) atoms. The SMILES string of the molecule is CCC(=O)N1CCCN2C(=O)N(C3CCCCC3)C(=O)C2C1. The van der Waals surface area contributed by atoms with Crippen molar-refractivity contribution in [3.05, 3.63) is 0 Å². The summed E-state index contributed by atoms with van der Waals surface area (Å²) >= 11 is 0. The minimum absolute atomic E-state index is 0.0657. The van der Waals surface area contributed by atoms with Gasteiger partial charge in [-0.15, -0.1) is 0 Å². The highest BCUT2D eigenvalue weighted by Gasteiger charge is 2.49. The molecule has 0 aromatic rings. The molecule has 0 aromatic carbocycles. The number of rotatable bonds is 2. The highest BCUT2D eigenvalue weighted by molar-refractivity contribution is 6.05. The summed E-state index contributed by atoms with van der Waals surface area (Å²) in [4.78, 5) is 42.4. The van der Waals surface area contributed by atoms with E-state index in [-0.39, 0.29) is 23.9 Å². The van der Waals surface area contributed by atoms with E-state index in [1.165, 1.54) is 11.3 Å². The fraction of sp³-hybridized carbons (Fsp3) is 0.812. The molecule has 2 saturated heterocycles. The maximum Gasteiger partial charge on any atom is 0.327 e. The van der Waals surface area contributed by atoms with E-state index in [1.54, 1.807) is 9.80 Å². The number of carbonyl (C=O) groups excluding carboxylic acids is 3. The Labute approximate surface area is 131 Å². The molecule has 1 saturated carbocycles. The molecule has 1 aliphatic carbocycles. The molecule has 0 bridgehead atoms. The molecule has 1 unspecified atom stereocenters. The summed E-state index contributed by atoms with van der Waals surface area (Å²) in [6.45, 7) is 3.41. The minimum Gasteiger partial charge on any atom is -0.340 e. The van der Waals surface area contributed by atoms with Crippen molar-refractivity contribution in [1.82, 2.24) is 14.7 Å². The second kappa shape index (κ2) is 6.26. The van der Waals surface area contributed by atoms with Crippen LogP contribution in [0.15, 0.2) is 0 Å². The summed E-state index contributed by atoms with van der Waals surface area (Å²) in [7, 11) is 0. The largest absolute Gasteiger partial charge is 0.340 e. The number of urea groups is 1. The molecule has 0 aromatic heterocycles. The number of amides is 4. The molecular weight excluding hydrogens is 282 g/mol. The fourth-order valence-corrected chi connectivity index (χ4v) is 3.95. The predicted molar refractivity (Wildman–Crippen MR) is 81.1 cm³/mol. The van der Waals surface area contributed by atoms with Crippen molar-refractivity contribution in [2.24, 2.45) is 0 Å². The lowest BCUT2D eigenvalue weighted by molar-refractivity contribution is -0.133. The van der Waals surface area contributed by atoms with Gasteiger partial charge < -0.3 is 9.80 Å². The van der Waals surface area contributed by atoms with E-state index < -0.39 is 6.04 Å². The van der Waals surface area contributed by atoms with Crippen LogP contribution >= 0.6 is 0 Å². The zero-order valence-corrected chi connectivity index (χ0v) is 13.3. The summed E-state index contributed by atoms with van der Waals surface area (Å²) in [5.41, 5.74) is 0. The normalized spacial score (nSPS) is 27.1. The molecule has 1 atom stereocenters. The van der Waals surface area contributed by atoms with Gasteiger partial charge in [0.2, 0.25) is 5.91 Å². The van der Waals surface area contributed by atoms with Crippen LogP contribution in [0, 0.1) is 0 Å². The van der Waals surface area contributed by atoms with Gasteiger partial charge in [-0.25, -0.2) is 4.79 Å². The summed E-state index contributed by atoms with van der Waals surface area (Å²) in [5, 5.41) is 0. The minimum atomic E-state index is -0.465. The Morgan fingerprint density at radius 2 is 1.82 bits per heavy atom. The molecular formula is C16H25N3O3. The van der Waals surface area contributed by atoms with Gasteiger partial charge in [-0.3, -0.25) is 14.5 Å². The van der Waals surface area contributed by atoms with Gasteiger partial charge in [-0.05, 0) is 19.3 Å². The van der Waals surface area contributed by atoms with Crippen LogP contribution in [0.25, 0.3) is 0 Å². The van der Waals surface area contributed by atoms with E-state index in [9.17, 15) is 14.4 Å². The van der Waals surface area contributed by atoms with Crippen molar-refractivity contribution in [1.29, 1.82) is 0 Å². The number of carbonyl (C=O) groups is 3. The quantitative estimate of drug-likeness (QED) is 0.728. The monoisotopic (exact) mass is 307 g/mol. The molecule has 0 N–H and O–H groups in total. The number of fused-ring (bicyclic) bond motifs is 1. The Morgan fingerprint density at radius 3 is 2.50 bits per heavy atom. The van der Waals surface area contributed by atoms with Gasteiger partial charge in [-0.1, -0.05) is 26.2 Å². The Balaban J connectivity index is 1.78. The van der Waals surface area contributed by atoms with Crippen LogP contribution in [0.4, 0.5) is 4.79 Å². The first-order valence-corrected chi connectivity index (χ1v) is 8.55. The first-order chi connectivity index (χ1) is 10.6. The van der Waals surface area contributed by atoms with Crippen molar-refractivity contribution >= 4 is 17.8 Å². The molecule has 4 amide bonds. The Morgan fingerprint density at radius 1 is 1.09 bits per heavy atom. The van der Waals surface area contributed by atoms with Gasteiger partial charge in [0.15, 0.2) is 0 Å². The Bertz CT molecular complexity index is 473. The smallest absolute Gasteiger partial charge is 0.327 e. The summed E-state index contributed by atoms with van der Waals surface area (Å²) < 4.78 is 0. The second-order valence-electron chi connectivity index (χ2n) is 6.54. The zero-order chi connectivity index (χ0) is 15.7. The van der Waals surface area contributed by atoms with Crippen molar-refractivity contribution in [2.45, 2.75) is 64.0 Å². The standard InChI is InChI=1S/C16H25N3O3/c1-2-14(20)17-9-6-10-18-13(11-17)15(21)19(16(18)22)12-7-4-3-5-8-12/h12-13H,2-11H2,1H3. The number of nitrogens with zero attached hydrogens (tertiary/aromatic N) is 3. The van der Waals surface area contributed by atoms with Gasteiger partial charge in [0, 0.05) is 25.6 Å². The molecule has 2 heterocycles. The summed E-state index contributed by atoms with van der Waals surface area (Å²) in [6.07, 6.45) is 6.42. The van der Waals surface area contributed by atoms with Gasteiger partial charge >= 0.3 is 6.03 Å². The number of hydrogen-bond acceptors (Lipinski definition) is 3. The third-order valence-electron chi connectivity index (χ3n) is 5.17. The van der Waals surface area contributed by atoms with Crippen LogP contribution in [0.5, 0.6) is 0 Å².